The summed E-state index contributed by atoms with van der Waals surface area (Å²) in [7, 11) is 0. The van der Waals surface area contributed by atoms with Gasteiger partial charge in [0.1, 0.15) is 17.1 Å². The van der Waals surface area contributed by atoms with Crippen LogP contribution in [0.1, 0.15) is 68.2 Å². The van der Waals surface area contributed by atoms with Crippen molar-refractivity contribution in [1.29, 1.82) is 0 Å². The smallest absolute Gasteiger partial charge is 0.127 e. The molecular formula is C19H28O2. The van der Waals surface area contributed by atoms with E-state index < -0.39 is 0 Å². The fraction of sp³-hybridized carbons (Fsp3) is 0.684. The number of hydrogen-bond acceptors (Lipinski definition) is 2. The fourth-order valence-electron chi connectivity index (χ4n) is 3.80. The Bertz CT molecular complexity index is 553. The molecule has 21 heavy (non-hydrogen) atoms. The highest BCUT2D eigenvalue weighted by Crippen LogP contribution is 2.49. The molecule has 1 aromatic carbocycles. The molecule has 0 saturated heterocycles. The zero-order valence-electron chi connectivity index (χ0n) is 13.9. The summed E-state index contributed by atoms with van der Waals surface area (Å²) in [6.07, 6.45) is 7.93. The summed E-state index contributed by atoms with van der Waals surface area (Å²) in [5.41, 5.74) is 4.70. The summed E-state index contributed by atoms with van der Waals surface area (Å²) in [6, 6.07) is 0. The molecule has 1 aromatic rings. The number of fused-ring (bicyclic) bond motifs is 1. The minimum Gasteiger partial charge on any atom is -0.507 e. The fourth-order valence-corrected chi connectivity index (χ4v) is 3.80. The topological polar surface area (TPSA) is 29.5 Å². The van der Waals surface area contributed by atoms with E-state index in [1.165, 1.54) is 30.4 Å². The van der Waals surface area contributed by atoms with Crippen LogP contribution in [0.2, 0.25) is 0 Å². The van der Waals surface area contributed by atoms with Crippen molar-refractivity contribution in [3.63, 3.8) is 0 Å². The first-order chi connectivity index (χ1) is 9.93. The first-order valence-corrected chi connectivity index (χ1v) is 8.46. The highest BCUT2D eigenvalue weighted by molar-refractivity contribution is 5.59. The van der Waals surface area contributed by atoms with Crippen molar-refractivity contribution in [3.8, 4) is 11.5 Å². The van der Waals surface area contributed by atoms with E-state index >= 15 is 0 Å². The third-order valence-corrected chi connectivity index (χ3v) is 5.55. The van der Waals surface area contributed by atoms with E-state index in [1.807, 2.05) is 0 Å². The molecule has 2 heteroatoms. The van der Waals surface area contributed by atoms with Crippen molar-refractivity contribution >= 4 is 0 Å². The zero-order chi connectivity index (χ0) is 15.2. The summed E-state index contributed by atoms with van der Waals surface area (Å²) >= 11 is 0. The molecule has 1 aliphatic heterocycles. The highest BCUT2D eigenvalue weighted by Gasteiger charge is 2.43. The van der Waals surface area contributed by atoms with Gasteiger partial charge in [-0.15, -0.1) is 0 Å². The second-order valence-corrected chi connectivity index (χ2v) is 7.46. The Labute approximate surface area is 128 Å². The van der Waals surface area contributed by atoms with Gasteiger partial charge >= 0.3 is 0 Å². The first kappa shape index (κ1) is 14.7. The lowest BCUT2D eigenvalue weighted by molar-refractivity contribution is -0.0258. The molecule has 1 heterocycles. The average Bonchev–Trinajstić information content (AvgIpc) is 2.42. The molecular weight excluding hydrogens is 260 g/mol. The number of aromatic hydroxyl groups is 1. The Morgan fingerprint density at radius 3 is 2.43 bits per heavy atom. The molecule has 0 bridgehead atoms. The van der Waals surface area contributed by atoms with E-state index in [1.54, 1.807) is 0 Å². The van der Waals surface area contributed by atoms with Gasteiger partial charge in [-0.05, 0) is 75.8 Å². The molecule has 1 spiro atoms. The summed E-state index contributed by atoms with van der Waals surface area (Å²) in [5, 5.41) is 10.6. The van der Waals surface area contributed by atoms with Crippen LogP contribution in [0, 0.1) is 19.8 Å². The van der Waals surface area contributed by atoms with Crippen molar-refractivity contribution in [2.45, 2.75) is 78.2 Å². The van der Waals surface area contributed by atoms with Crippen molar-refractivity contribution in [3.05, 3.63) is 22.3 Å². The molecule has 1 saturated carbocycles. The molecule has 1 fully saturated rings. The molecule has 0 aromatic heterocycles. The number of ether oxygens (including phenoxy) is 1. The minimum atomic E-state index is 0.122. The largest absolute Gasteiger partial charge is 0.507 e. The lowest BCUT2D eigenvalue weighted by Gasteiger charge is -2.46. The van der Waals surface area contributed by atoms with Gasteiger partial charge in [-0.3, -0.25) is 0 Å². The van der Waals surface area contributed by atoms with Gasteiger partial charge in [-0.1, -0.05) is 13.8 Å². The third-order valence-electron chi connectivity index (χ3n) is 5.55. The number of rotatable bonds is 3. The van der Waals surface area contributed by atoms with Gasteiger partial charge in [0.25, 0.3) is 0 Å². The van der Waals surface area contributed by atoms with Crippen LogP contribution in [-0.2, 0) is 12.8 Å². The summed E-state index contributed by atoms with van der Waals surface area (Å²) in [6.45, 7) is 8.65. The van der Waals surface area contributed by atoms with Gasteiger partial charge in [0.2, 0.25) is 0 Å². The summed E-state index contributed by atoms with van der Waals surface area (Å²) in [5.74, 6) is 2.26. The maximum absolute atomic E-state index is 10.6. The van der Waals surface area contributed by atoms with E-state index in [9.17, 15) is 5.11 Å². The molecule has 2 aliphatic rings. The maximum Gasteiger partial charge on any atom is 0.127 e. The standard InChI is InChI=1S/C19H28O2/c1-12(2)6-7-15-14(4)18-16(13(3)17(15)20)8-11-19(21-18)9-5-10-19/h12,20H,5-11H2,1-4H3. The van der Waals surface area contributed by atoms with Crippen LogP contribution in [0.5, 0.6) is 11.5 Å². The highest BCUT2D eigenvalue weighted by atomic mass is 16.5. The predicted molar refractivity (Wildman–Crippen MR) is 86.3 cm³/mol. The average molecular weight is 288 g/mol. The van der Waals surface area contributed by atoms with Gasteiger partial charge in [0.05, 0.1) is 0 Å². The Morgan fingerprint density at radius 1 is 1.14 bits per heavy atom. The van der Waals surface area contributed by atoms with Crippen LogP contribution >= 0.6 is 0 Å². The van der Waals surface area contributed by atoms with E-state index in [-0.39, 0.29) is 5.60 Å². The quantitative estimate of drug-likeness (QED) is 0.862. The molecule has 116 valence electrons. The molecule has 0 amide bonds. The number of benzene rings is 1. The number of phenolic OH excluding ortho intramolecular Hbond substituents is 1. The second-order valence-electron chi connectivity index (χ2n) is 7.46. The van der Waals surface area contributed by atoms with Crippen LogP contribution in [0.3, 0.4) is 0 Å². The lowest BCUT2D eigenvalue weighted by Crippen LogP contribution is -2.46. The minimum absolute atomic E-state index is 0.122. The summed E-state index contributed by atoms with van der Waals surface area (Å²) in [4.78, 5) is 0. The molecule has 0 atom stereocenters. The van der Waals surface area contributed by atoms with Crippen molar-refractivity contribution in [2.75, 3.05) is 0 Å². The van der Waals surface area contributed by atoms with E-state index in [4.69, 9.17) is 4.74 Å². The first-order valence-electron chi connectivity index (χ1n) is 8.46. The van der Waals surface area contributed by atoms with Crippen molar-refractivity contribution < 1.29 is 9.84 Å². The molecule has 0 radical (unpaired) electrons. The molecule has 1 N–H and O–H groups in total. The number of phenols is 1. The van der Waals surface area contributed by atoms with Gasteiger partial charge in [-0.25, -0.2) is 0 Å². The molecule has 3 rings (SSSR count). The predicted octanol–water partition coefficient (Wildman–Crippen LogP) is 4.85. The van der Waals surface area contributed by atoms with Gasteiger partial charge in [-0.2, -0.15) is 0 Å². The van der Waals surface area contributed by atoms with Crippen LogP contribution in [-0.4, -0.2) is 10.7 Å². The molecule has 0 unspecified atom stereocenters. The van der Waals surface area contributed by atoms with Crippen LogP contribution in [0.15, 0.2) is 0 Å². The molecule has 1 aliphatic carbocycles. The second kappa shape index (κ2) is 5.23. The Morgan fingerprint density at radius 2 is 1.86 bits per heavy atom. The van der Waals surface area contributed by atoms with Crippen molar-refractivity contribution in [2.24, 2.45) is 5.92 Å². The van der Waals surface area contributed by atoms with Gasteiger partial charge in [0, 0.05) is 11.1 Å². The van der Waals surface area contributed by atoms with Crippen LogP contribution in [0.4, 0.5) is 0 Å². The Kier molecular flexibility index (Phi) is 3.67. The maximum atomic E-state index is 10.6. The lowest BCUT2D eigenvalue weighted by atomic mass is 9.73. The monoisotopic (exact) mass is 288 g/mol. The Balaban J connectivity index is 1.99. The van der Waals surface area contributed by atoms with Gasteiger partial charge in [0.15, 0.2) is 0 Å². The number of hydrogen-bond donors (Lipinski definition) is 1. The normalized spacial score (nSPS) is 19.3. The van der Waals surface area contributed by atoms with Crippen LogP contribution in [0.25, 0.3) is 0 Å². The zero-order valence-corrected chi connectivity index (χ0v) is 13.9. The third kappa shape index (κ3) is 2.43. The van der Waals surface area contributed by atoms with E-state index in [2.05, 4.69) is 27.7 Å². The molecule has 2 nitrogen and oxygen atoms in total. The SMILES string of the molecule is Cc1c(O)c(CCC(C)C)c(C)c2c1CCC1(CCC1)O2. The van der Waals surface area contributed by atoms with Gasteiger partial charge < -0.3 is 9.84 Å². The van der Waals surface area contributed by atoms with E-state index in [0.717, 1.165) is 42.6 Å². The van der Waals surface area contributed by atoms with Crippen molar-refractivity contribution in [1.82, 2.24) is 0 Å². The van der Waals surface area contributed by atoms with Crippen LogP contribution < -0.4 is 4.74 Å². The van der Waals surface area contributed by atoms with E-state index in [0.29, 0.717) is 11.7 Å². The Hall–Kier alpha value is -1.18. The summed E-state index contributed by atoms with van der Waals surface area (Å²) < 4.78 is 6.46.